The third kappa shape index (κ3) is 4.46. The number of nitrogens with one attached hydrogen (secondary N) is 1. The number of carbonyl (C=O) groups excluding carboxylic acids is 1. The lowest BCUT2D eigenvalue weighted by molar-refractivity contribution is -0.124. The maximum atomic E-state index is 12.9. The van der Waals surface area contributed by atoms with E-state index in [4.69, 9.17) is 0 Å². The predicted octanol–water partition coefficient (Wildman–Crippen LogP) is 7.55. The van der Waals surface area contributed by atoms with Crippen molar-refractivity contribution in [3.8, 4) is 0 Å². The number of aromatic nitrogens is 1. The van der Waals surface area contributed by atoms with E-state index in [9.17, 15) is 4.79 Å². The first-order valence-electron chi connectivity index (χ1n) is 10.9. The van der Waals surface area contributed by atoms with Gasteiger partial charge >= 0.3 is 0 Å². The molecule has 162 valence electrons. The zero-order chi connectivity index (χ0) is 22.7. The Kier molecular flexibility index (Phi) is 6.43. The molecule has 4 heteroatoms. The molecule has 0 aliphatic heterocycles. The van der Waals surface area contributed by atoms with Gasteiger partial charge < -0.3 is 5.32 Å². The van der Waals surface area contributed by atoms with Crippen molar-refractivity contribution in [2.75, 3.05) is 5.32 Å². The number of hydrogen-bond donors (Lipinski definition) is 1. The van der Waals surface area contributed by atoms with Gasteiger partial charge in [0.05, 0.1) is 11.2 Å². The topological polar surface area (TPSA) is 42.0 Å². The molecule has 0 spiro atoms. The van der Waals surface area contributed by atoms with E-state index < -0.39 is 5.41 Å². The first-order chi connectivity index (χ1) is 15.4. The van der Waals surface area contributed by atoms with E-state index in [1.54, 1.807) is 6.20 Å². The second kappa shape index (κ2) is 9.25. The fraction of sp³-hybridized carbons (Fsp3) is 0.214. The van der Waals surface area contributed by atoms with Crippen LogP contribution in [0, 0.1) is 5.41 Å². The minimum atomic E-state index is -0.441. The fourth-order valence-electron chi connectivity index (χ4n) is 3.85. The number of benzene rings is 3. The molecule has 32 heavy (non-hydrogen) atoms. The van der Waals surface area contributed by atoms with Crippen LogP contribution in [-0.4, -0.2) is 10.9 Å². The van der Waals surface area contributed by atoms with Crippen molar-refractivity contribution in [3.05, 3.63) is 106 Å². The fourth-order valence-corrected chi connectivity index (χ4v) is 4.12. The second-order valence-corrected chi connectivity index (χ2v) is 9.60. The zero-order valence-corrected chi connectivity index (χ0v) is 20.2. The molecule has 0 saturated carbocycles. The maximum Gasteiger partial charge on any atom is 0.230 e. The summed E-state index contributed by atoms with van der Waals surface area (Å²) in [5.41, 5.74) is 4.69. The van der Waals surface area contributed by atoms with Crippen LogP contribution in [0.2, 0.25) is 0 Å². The largest absolute Gasteiger partial charge is 0.324 e. The van der Waals surface area contributed by atoms with E-state index in [1.807, 2.05) is 39.0 Å². The third-order valence-electron chi connectivity index (χ3n) is 6.20. The summed E-state index contributed by atoms with van der Waals surface area (Å²) in [6.07, 6.45) is 2.55. The first kappa shape index (κ1) is 22.2. The minimum absolute atomic E-state index is 0.00669. The number of carbonyl (C=O) groups is 1. The highest BCUT2D eigenvalue weighted by atomic mass is 79.9. The monoisotopic (exact) mass is 486 g/mol. The molecule has 0 bridgehead atoms. The lowest BCUT2D eigenvalue weighted by Crippen LogP contribution is -2.30. The summed E-state index contributed by atoms with van der Waals surface area (Å²) in [4.78, 5) is 17.5. The van der Waals surface area contributed by atoms with Crippen molar-refractivity contribution in [3.63, 3.8) is 0 Å². The van der Waals surface area contributed by atoms with Gasteiger partial charge in [-0.1, -0.05) is 91.3 Å². The molecule has 4 rings (SSSR count). The predicted molar refractivity (Wildman–Crippen MR) is 136 cm³/mol. The van der Waals surface area contributed by atoms with E-state index >= 15 is 0 Å². The molecular formula is C28H27BrN2O. The van der Waals surface area contributed by atoms with Crippen molar-refractivity contribution in [2.24, 2.45) is 5.41 Å². The van der Waals surface area contributed by atoms with Gasteiger partial charge in [0, 0.05) is 27.4 Å². The standard InChI is InChI=1S/C28H27BrN2O/c1-4-28(2,3)27(32)31-24-17-16-22(23-11-8-18-30-26(23)24)25(19-9-6-5-7-10-19)20-12-14-21(29)15-13-20/h5-18,25H,4H2,1-3H3,(H,31,32). The molecule has 1 aromatic heterocycles. The van der Waals surface area contributed by atoms with Gasteiger partial charge in [-0.25, -0.2) is 0 Å². The molecule has 0 radical (unpaired) electrons. The smallest absolute Gasteiger partial charge is 0.230 e. The second-order valence-electron chi connectivity index (χ2n) is 8.69. The summed E-state index contributed by atoms with van der Waals surface area (Å²) in [5, 5.41) is 4.16. The van der Waals surface area contributed by atoms with Crippen LogP contribution < -0.4 is 5.32 Å². The number of rotatable bonds is 6. The lowest BCUT2D eigenvalue weighted by Gasteiger charge is -2.24. The van der Waals surface area contributed by atoms with Gasteiger partial charge in [0.25, 0.3) is 0 Å². The Morgan fingerprint density at radius 2 is 1.62 bits per heavy atom. The molecule has 1 atom stereocenters. The Hall–Kier alpha value is -2.98. The van der Waals surface area contributed by atoms with Crippen molar-refractivity contribution < 1.29 is 4.79 Å². The van der Waals surface area contributed by atoms with Gasteiger partial charge in [-0.3, -0.25) is 9.78 Å². The van der Waals surface area contributed by atoms with Crippen LogP contribution in [0.3, 0.4) is 0 Å². The Bertz CT molecular complexity index is 1230. The highest BCUT2D eigenvalue weighted by molar-refractivity contribution is 9.10. The van der Waals surface area contributed by atoms with Gasteiger partial charge in [-0.05, 0) is 47.4 Å². The highest BCUT2D eigenvalue weighted by Crippen LogP contribution is 2.38. The number of anilines is 1. The molecule has 4 aromatic rings. The Morgan fingerprint density at radius 1 is 0.938 bits per heavy atom. The van der Waals surface area contributed by atoms with E-state index in [0.29, 0.717) is 0 Å². The number of hydrogen-bond acceptors (Lipinski definition) is 2. The molecule has 1 heterocycles. The van der Waals surface area contributed by atoms with Crippen molar-refractivity contribution >= 4 is 38.4 Å². The molecule has 1 N–H and O–H groups in total. The SMILES string of the molecule is CCC(C)(C)C(=O)Nc1ccc(C(c2ccccc2)c2ccc(Br)cc2)c2cccnc12. The van der Waals surface area contributed by atoms with Crippen molar-refractivity contribution in [1.82, 2.24) is 4.98 Å². The van der Waals surface area contributed by atoms with Gasteiger partial charge in [0.15, 0.2) is 0 Å². The number of nitrogens with zero attached hydrogens (tertiary/aromatic N) is 1. The third-order valence-corrected chi connectivity index (χ3v) is 6.73. The van der Waals surface area contributed by atoms with E-state index in [0.717, 1.165) is 33.0 Å². The van der Waals surface area contributed by atoms with Crippen LogP contribution >= 0.6 is 15.9 Å². The zero-order valence-electron chi connectivity index (χ0n) is 18.6. The Morgan fingerprint density at radius 3 is 2.31 bits per heavy atom. The van der Waals surface area contributed by atoms with Gasteiger partial charge in [0.1, 0.15) is 0 Å². The summed E-state index contributed by atoms with van der Waals surface area (Å²) in [7, 11) is 0. The summed E-state index contributed by atoms with van der Waals surface area (Å²) in [6, 6.07) is 27.1. The van der Waals surface area contributed by atoms with E-state index in [2.05, 4.69) is 86.9 Å². The molecule has 3 aromatic carbocycles. The number of amides is 1. The minimum Gasteiger partial charge on any atom is -0.324 e. The highest BCUT2D eigenvalue weighted by Gasteiger charge is 2.27. The van der Waals surface area contributed by atoms with Gasteiger partial charge in [0.2, 0.25) is 5.91 Å². The molecule has 1 unspecified atom stereocenters. The first-order valence-corrected chi connectivity index (χ1v) is 11.7. The molecule has 0 saturated heterocycles. The van der Waals surface area contributed by atoms with Crippen LogP contribution in [0.15, 0.2) is 89.5 Å². The lowest BCUT2D eigenvalue weighted by atomic mass is 9.83. The van der Waals surface area contributed by atoms with Crippen molar-refractivity contribution in [1.29, 1.82) is 0 Å². The molecular weight excluding hydrogens is 460 g/mol. The van der Waals surface area contributed by atoms with Gasteiger partial charge in [-0.2, -0.15) is 0 Å². The quantitative estimate of drug-likeness (QED) is 0.285. The molecule has 3 nitrogen and oxygen atoms in total. The van der Waals surface area contributed by atoms with Crippen LogP contribution in [0.5, 0.6) is 0 Å². The maximum absolute atomic E-state index is 12.9. The molecule has 0 aliphatic carbocycles. The average molecular weight is 487 g/mol. The average Bonchev–Trinajstić information content (AvgIpc) is 2.82. The molecule has 0 fully saturated rings. The number of fused-ring (bicyclic) bond motifs is 1. The molecule has 1 amide bonds. The van der Waals surface area contributed by atoms with E-state index in [-0.39, 0.29) is 11.8 Å². The Labute approximate surface area is 198 Å². The van der Waals surface area contributed by atoms with Crippen LogP contribution in [-0.2, 0) is 4.79 Å². The number of halogens is 1. The van der Waals surface area contributed by atoms with Crippen LogP contribution in [0.4, 0.5) is 5.69 Å². The summed E-state index contributed by atoms with van der Waals surface area (Å²) >= 11 is 3.55. The van der Waals surface area contributed by atoms with Crippen LogP contribution in [0.25, 0.3) is 10.9 Å². The van der Waals surface area contributed by atoms with Gasteiger partial charge in [-0.15, -0.1) is 0 Å². The summed E-state index contributed by atoms with van der Waals surface area (Å²) in [6.45, 7) is 5.96. The Balaban J connectivity index is 1.87. The summed E-state index contributed by atoms with van der Waals surface area (Å²) in [5.74, 6) is 0.0556. The number of pyridine rings is 1. The summed E-state index contributed by atoms with van der Waals surface area (Å²) < 4.78 is 1.05. The van der Waals surface area contributed by atoms with Crippen molar-refractivity contribution in [2.45, 2.75) is 33.1 Å². The molecule has 0 aliphatic rings. The van der Waals surface area contributed by atoms with Crippen LogP contribution in [0.1, 0.15) is 49.8 Å². The van der Waals surface area contributed by atoms with E-state index in [1.165, 1.54) is 11.1 Å². The normalized spacial score (nSPS) is 12.5.